The summed E-state index contributed by atoms with van der Waals surface area (Å²) in [6.07, 6.45) is 1.43. The maximum Gasteiger partial charge on any atom is 0.432 e. The van der Waals surface area contributed by atoms with Crippen LogP contribution < -0.4 is 0 Å². The summed E-state index contributed by atoms with van der Waals surface area (Å²) in [4.78, 5) is 0. The molecule has 0 amide bonds. The van der Waals surface area contributed by atoms with E-state index < -0.39 is 18.9 Å². The zero-order chi connectivity index (χ0) is 13.8. The van der Waals surface area contributed by atoms with E-state index in [4.69, 9.17) is 20.3 Å². The molecule has 0 aromatic rings. The van der Waals surface area contributed by atoms with Crippen molar-refractivity contribution in [1.82, 2.24) is 0 Å². The Morgan fingerprint density at radius 2 is 1.38 bits per heavy atom. The first-order chi connectivity index (χ1) is 7.08. The SMILES string of the molecule is C=COCC.CC(C)(O)C(C)(C)O.OBO. The monoisotopic (exact) mass is 236 g/mol. The van der Waals surface area contributed by atoms with E-state index in [0.717, 1.165) is 6.61 Å². The van der Waals surface area contributed by atoms with Crippen LogP contribution in [0.3, 0.4) is 0 Å². The number of hydrogen-bond donors (Lipinski definition) is 4. The highest BCUT2D eigenvalue weighted by Crippen LogP contribution is 2.19. The predicted molar refractivity (Wildman–Crippen MR) is 66.0 cm³/mol. The lowest BCUT2D eigenvalue weighted by molar-refractivity contribution is -0.107. The maximum absolute atomic E-state index is 9.10. The Morgan fingerprint density at radius 3 is 1.38 bits per heavy atom. The Bertz CT molecular complexity index is 136. The summed E-state index contributed by atoms with van der Waals surface area (Å²) >= 11 is 0. The molecule has 0 bridgehead atoms. The minimum atomic E-state index is -1.01. The molecule has 0 radical (unpaired) electrons. The summed E-state index contributed by atoms with van der Waals surface area (Å²) in [5.41, 5.74) is -2.01. The van der Waals surface area contributed by atoms with Gasteiger partial charge in [-0.3, -0.25) is 0 Å². The average Bonchev–Trinajstić information content (AvgIpc) is 2.04. The van der Waals surface area contributed by atoms with E-state index in [1.165, 1.54) is 6.26 Å². The number of aliphatic hydroxyl groups is 2. The van der Waals surface area contributed by atoms with E-state index in [2.05, 4.69) is 11.3 Å². The van der Waals surface area contributed by atoms with E-state index in [1.54, 1.807) is 27.7 Å². The second-order valence-electron chi connectivity index (χ2n) is 3.88. The van der Waals surface area contributed by atoms with E-state index in [1.807, 2.05) is 6.92 Å². The van der Waals surface area contributed by atoms with Crippen molar-refractivity contribution in [2.24, 2.45) is 0 Å². The van der Waals surface area contributed by atoms with Crippen LogP contribution in [0.2, 0.25) is 0 Å². The van der Waals surface area contributed by atoms with Gasteiger partial charge in [-0.1, -0.05) is 6.58 Å². The minimum Gasteiger partial charge on any atom is -0.502 e. The largest absolute Gasteiger partial charge is 0.502 e. The van der Waals surface area contributed by atoms with Gasteiger partial charge in [0.25, 0.3) is 0 Å². The smallest absolute Gasteiger partial charge is 0.432 e. The van der Waals surface area contributed by atoms with Crippen molar-refractivity contribution in [1.29, 1.82) is 0 Å². The van der Waals surface area contributed by atoms with Crippen LogP contribution in [0.15, 0.2) is 12.8 Å². The lowest BCUT2D eigenvalue weighted by atomic mass is 9.90. The van der Waals surface area contributed by atoms with Gasteiger partial charge >= 0.3 is 7.69 Å². The van der Waals surface area contributed by atoms with Gasteiger partial charge in [-0.15, -0.1) is 0 Å². The normalized spacial score (nSPS) is 10.1. The molecule has 0 aromatic carbocycles. The molecule has 4 N–H and O–H groups in total. The molecule has 0 atom stereocenters. The number of hydrogen-bond acceptors (Lipinski definition) is 5. The quantitative estimate of drug-likeness (QED) is 0.407. The topological polar surface area (TPSA) is 90.2 Å². The third-order valence-corrected chi connectivity index (χ3v) is 1.78. The molecule has 0 heterocycles. The highest BCUT2D eigenvalue weighted by atomic mass is 16.5. The van der Waals surface area contributed by atoms with Crippen LogP contribution in [0.5, 0.6) is 0 Å². The van der Waals surface area contributed by atoms with Crippen LogP contribution in [0.25, 0.3) is 0 Å². The van der Waals surface area contributed by atoms with E-state index in [9.17, 15) is 0 Å². The van der Waals surface area contributed by atoms with Crippen LogP contribution in [0.4, 0.5) is 0 Å². The van der Waals surface area contributed by atoms with Crippen molar-refractivity contribution in [3.63, 3.8) is 0 Å². The standard InChI is InChI=1S/C6H14O2.C4H8O.BH3O2/c1-5(2,7)6(3,4)8;1-3-5-4-2;2-1-3/h7-8H,1-4H3;3H,1,4H2,2H3;1-3H. The van der Waals surface area contributed by atoms with Crippen molar-refractivity contribution >= 4 is 7.69 Å². The van der Waals surface area contributed by atoms with Gasteiger partial charge in [0.2, 0.25) is 0 Å². The molecule has 6 heteroatoms. The zero-order valence-electron chi connectivity index (χ0n) is 10.9. The summed E-state index contributed by atoms with van der Waals surface area (Å²) in [5.74, 6) is 0. The molecule has 0 rings (SSSR count). The molecule has 16 heavy (non-hydrogen) atoms. The molecule has 0 aliphatic heterocycles. The molecular formula is C10H25BO5. The molecule has 0 saturated carbocycles. The van der Waals surface area contributed by atoms with Crippen molar-refractivity contribution < 1.29 is 25.0 Å². The Hall–Kier alpha value is -0.555. The number of rotatable bonds is 3. The fourth-order valence-electron chi connectivity index (χ4n) is 0.118. The van der Waals surface area contributed by atoms with Gasteiger partial charge in [-0.05, 0) is 34.6 Å². The molecule has 98 valence electrons. The summed E-state index contributed by atoms with van der Waals surface area (Å²) in [5, 5.41) is 32.5. The first kappa shape index (κ1) is 20.8. The maximum atomic E-state index is 9.10. The lowest BCUT2D eigenvalue weighted by Crippen LogP contribution is -2.44. The van der Waals surface area contributed by atoms with Crippen LogP contribution in [-0.4, -0.2) is 45.8 Å². The average molecular weight is 236 g/mol. The fourth-order valence-corrected chi connectivity index (χ4v) is 0.118. The Kier molecular flexibility index (Phi) is 14.2. The van der Waals surface area contributed by atoms with Gasteiger partial charge in [0, 0.05) is 0 Å². The second kappa shape index (κ2) is 10.9. The predicted octanol–water partition coefficient (Wildman–Crippen LogP) is -0.0679. The molecule has 5 nitrogen and oxygen atoms in total. The van der Waals surface area contributed by atoms with Gasteiger partial charge in [0.05, 0.1) is 24.1 Å². The van der Waals surface area contributed by atoms with Crippen molar-refractivity contribution in [2.45, 2.75) is 45.8 Å². The van der Waals surface area contributed by atoms with Gasteiger partial charge in [0.15, 0.2) is 0 Å². The Balaban J connectivity index is -0.000000181. The van der Waals surface area contributed by atoms with Crippen LogP contribution in [-0.2, 0) is 4.74 Å². The summed E-state index contributed by atoms with van der Waals surface area (Å²) < 4.78 is 4.60. The molecule has 0 aliphatic rings. The van der Waals surface area contributed by atoms with Gasteiger partial charge in [-0.25, -0.2) is 0 Å². The molecule has 0 aliphatic carbocycles. The molecule has 0 fully saturated rings. The van der Waals surface area contributed by atoms with Gasteiger partial charge < -0.3 is 25.0 Å². The summed E-state index contributed by atoms with van der Waals surface area (Å²) in [6.45, 7) is 12.3. The van der Waals surface area contributed by atoms with Crippen LogP contribution in [0, 0.1) is 0 Å². The molecule has 0 spiro atoms. The lowest BCUT2D eigenvalue weighted by Gasteiger charge is -2.31. The van der Waals surface area contributed by atoms with Crippen molar-refractivity contribution in [3.8, 4) is 0 Å². The fraction of sp³-hybridized carbons (Fsp3) is 0.800. The van der Waals surface area contributed by atoms with E-state index in [-0.39, 0.29) is 0 Å². The minimum absolute atomic E-state index is 0.726. The molecule has 0 saturated heterocycles. The van der Waals surface area contributed by atoms with Crippen molar-refractivity contribution in [2.75, 3.05) is 6.61 Å². The van der Waals surface area contributed by atoms with Gasteiger partial charge in [-0.2, -0.15) is 0 Å². The molecule has 0 unspecified atom stereocenters. The van der Waals surface area contributed by atoms with E-state index in [0.29, 0.717) is 0 Å². The van der Waals surface area contributed by atoms with Crippen LogP contribution >= 0.6 is 0 Å². The summed E-state index contributed by atoms with van der Waals surface area (Å²) in [6, 6.07) is 0. The van der Waals surface area contributed by atoms with Gasteiger partial charge in [0.1, 0.15) is 0 Å². The van der Waals surface area contributed by atoms with E-state index >= 15 is 0 Å². The highest BCUT2D eigenvalue weighted by molar-refractivity contribution is 6.13. The third-order valence-electron chi connectivity index (χ3n) is 1.78. The first-order valence-corrected chi connectivity index (χ1v) is 4.97. The Labute approximate surface area is 98.7 Å². The summed E-state index contributed by atoms with van der Waals surface area (Å²) in [7, 11) is -0.750. The number of ether oxygens (including phenoxy) is 1. The third kappa shape index (κ3) is 19.1. The first-order valence-electron chi connectivity index (χ1n) is 4.97. The van der Waals surface area contributed by atoms with Crippen molar-refractivity contribution in [3.05, 3.63) is 12.8 Å². The molecule has 0 aromatic heterocycles. The highest BCUT2D eigenvalue weighted by Gasteiger charge is 2.31. The second-order valence-corrected chi connectivity index (χ2v) is 3.88. The van der Waals surface area contributed by atoms with Crippen LogP contribution in [0.1, 0.15) is 34.6 Å². The zero-order valence-corrected chi connectivity index (χ0v) is 10.9. The molecular weight excluding hydrogens is 211 g/mol. The Morgan fingerprint density at radius 1 is 1.12 bits per heavy atom.